The van der Waals surface area contributed by atoms with E-state index in [4.69, 9.17) is 9.84 Å². The van der Waals surface area contributed by atoms with Crippen LogP contribution in [0, 0.1) is 5.92 Å². The van der Waals surface area contributed by atoms with Crippen LogP contribution in [0.15, 0.2) is 0 Å². The zero-order valence-corrected chi connectivity index (χ0v) is 13.9. The van der Waals surface area contributed by atoms with Crippen LogP contribution in [0.25, 0.3) is 0 Å². The molecule has 0 aliphatic carbocycles. The maximum absolute atomic E-state index is 12.7. The molecule has 0 amide bonds. The molecule has 0 aromatic carbocycles. The minimum atomic E-state index is -3.53. The zero-order chi connectivity index (χ0) is 16.2. The minimum Gasteiger partial charge on any atom is -0.481 e. The third-order valence-electron chi connectivity index (χ3n) is 4.49. The molecule has 1 N–H and O–H groups in total. The molecule has 0 radical (unpaired) electrons. The van der Waals surface area contributed by atoms with Gasteiger partial charge in [0.1, 0.15) is 0 Å². The van der Waals surface area contributed by atoms with Crippen LogP contribution >= 0.6 is 0 Å². The highest BCUT2D eigenvalue weighted by Gasteiger charge is 2.35. The predicted octanol–water partition coefficient (Wildman–Crippen LogP) is 0.919. The second-order valence-electron chi connectivity index (χ2n) is 5.96. The van der Waals surface area contributed by atoms with Crippen LogP contribution in [0.3, 0.4) is 0 Å². The van der Waals surface area contributed by atoms with Crippen molar-refractivity contribution in [2.24, 2.45) is 5.92 Å². The van der Waals surface area contributed by atoms with Crippen molar-refractivity contribution in [2.45, 2.75) is 45.1 Å². The quantitative estimate of drug-likeness (QED) is 0.780. The van der Waals surface area contributed by atoms with E-state index < -0.39 is 22.1 Å². The normalized spacial score (nSPS) is 25.5. The SMILES string of the molecule is CCN(CC1CCCCO1)S(=O)(=O)N1CCC(C(=O)O)CC1. The van der Waals surface area contributed by atoms with Crippen molar-refractivity contribution in [1.29, 1.82) is 0 Å². The molecule has 0 spiro atoms. The Hall–Kier alpha value is -0.700. The average molecular weight is 334 g/mol. The van der Waals surface area contributed by atoms with Crippen molar-refractivity contribution in [1.82, 2.24) is 8.61 Å². The van der Waals surface area contributed by atoms with Gasteiger partial charge >= 0.3 is 5.97 Å². The maximum atomic E-state index is 12.7. The van der Waals surface area contributed by atoms with E-state index in [0.29, 0.717) is 32.5 Å². The van der Waals surface area contributed by atoms with Gasteiger partial charge in [-0.05, 0) is 32.1 Å². The second-order valence-corrected chi connectivity index (χ2v) is 7.89. The Morgan fingerprint density at radius 3 is 2.45 bits per heavy atom. The van der Waals surface area contributed by atoms with E-state index in [9.17, 15) is 13.2 Å². The van der Waals surface area contributed by atoms with Gasteiger partial charge in [-0.3, -0.25) is 4.79 Å². The molecule has 22 heavy (non-hydrogen) atoms. The summed E-state index contributed by atoms with van der Waals surface area (Å²) in [6.07, 6.45) is 3.75. The Morgan fingerprint density at radius 2 is 1.95 bits per heavy atom. The summed E-state index contributed by atoms with van der Waals surface area (Å²) in [5.74, 6) is -1.26. The number of ether oxygens (including phenoxy) is 1. The van der Waals surface area contributed by atoms with Crippen molar-refractivity contribution in [3.63, 3.8) is 0 Å². The second kappa shape index (κ2) is 7.72. The molecule has 2 fully saturated rings. The van der Waals surface area contributed by atoms with E-state index in [1.54, 1.807) is 0 Å². The van der Waals surface area contributed by atoms with E-state index >= 15 is 0 Å². The summed E-state index contributed by atoms with van der Waals surface area (Å²) in [5.41, 5.74) is 0. The highest BCUT2D eigenvalue weighted by molar-refractivity contribution is 7.86. The van der Waals surface area contributed by atoms with E-state index in [1.165, 1.54) is 8.61 Å². The number of hydrogen-bond donors (Lipinski definition) is 1. The molecule has 2 rings (SSSR count). The molecular formula is C14H26N2O5S. The molecule has 2 aliphatic heterocycles. The average Bonchev–Trinajstić information content (AvgIpc) is 2.53. The lowest BCUT2D eigenvalue weighted by molar-refractivity contribution is -0.142. The van der Waals surface area contributed by atoms with Gasteiger partial charge in [-0.1, -0.05) is 6.92 Å². The van der Waals surface area contributed by atoms with Gasteiger partial charge in [0.15, 0.2) is 0 Å². The Bertz CT molecular complexity index is 468. The highest BCUT2D eigenvalue weighted by atomic mass is 32.2. The summed E-state index contributed by atoms with van der Waals surface area (Å²) < 4.78 is 33.9. The smallest absolute Gasteiger partial charge is 0.306 e. The van der Waals surface area contributed by atoms with Crippen molar-refractivity contribution < 1.29 is 23.1 Å². The number of rotatable bonds is 6. The largest absolute Gasteiger partial charge is 0.481 e. The van der Waals surface area contributed by atoms with Gasteiger partial charge in [-0.2, -0.15) is 17.0 Å². The number of likely N-dealkylation sites (N-methyl/N-ethyl adjacent to an activating group) is 1. The van der Waals surface area contributed by atoms with Crippen LogP contribution in [0.4, 0.5) is 0 Å². The van der Waals surface area contributed by atoms with Crippen molar-refractivity contribution >= 4 is 16.2 Å². The van der Waals surface area contributed by atoms with Crippen LogP contribution in [-0.4, -0.2) is 67.0 Å². The van der Waals surface area contributed by atoms with Gasteiger partial charge in [-0.25, -0.2) is 0 Å². The third kappa shape index (κ3) is 4.18. The fourth-order valence-corrected chi connectivity index (χ4v) is 4.74. The number of carbonyl (C=O) groups is 1. The van der Waals surface area contributed by atoms with Gasteiger partial charge < -0.3 is 9.84 Å². The predicted molar refractivity (Wildman–Crippen MR) is 81.7 cm³/mol. The molecule has 0 aromatic heterocycles. The van der Waals surface area contributed by atoms with Gasteiger partial charge in [0.25, 0.3) is 10.2 Å². The molecule has 0 saturated carbocycles. The number of carboxylic acid groups (broad SMARTS) is 1. The highest BCUT2D eigenvalue weighted by Crippen LogP contribution is 2.23. The molecule has 1 unspecified atom stereocenters. The number of carboxylic acids is 1. The molecule has 7 nitrogen and oxygen atoms in total. The number of piperidine rings is 1. The van der Waals surface area contributed by atoms with Gasteiger partial charge in [0, 0.05) is 32.8 Å². The summed E-state index contributed by atoms with van der Waals surface area (Å²) >= 11 is 0. The monoisotopic (exact) mass is 334 g/mol. The summed E-state index contributed by atoms with van der Waals surface area (Å²) in [6.45, 7) is 3.87. The molecule has 2 saturated heterocycles. The molecule has 2 aliphatic rings. The first-order chi connectivity index (χ1) is 10.4. The van der Waals surface area contributed by atoms with Gasteiger partial charge in [0.2, 0.25) is 0 Å². The van der Waals surface area contributed by atoms with Crippen LogP contribution < -0.4 is 0 Å². The van der Waals surface area contributed by atoms with Gasteiger partial charge in [0.05, 0.1) is 12.0 Å². The standard InChI is InChI=1S/C14H26N2O5S/c1-2-15(11-13-5-3-4-10-21-13)22(19,20)16-8-6-12(7-9-16)14(17)18/h12-13H,2-11H2,1H3,(H,17,18). The number of nitrogens with zero attached hydrogens (tertiary/aromatic N) is 2. The maximum Gasteiger partial charge on any atom is 0.306 e. The van der Waals surface area contributed by atoms with E-state index in [2.05, 4.69) is 0 Å². The van der Waals surface area contributed by atoms with Crippen LogP contribution in [0.1, 0.15) is 39.0 Å². The summed E-state index contributed by atoms with van der Waals surface area (Å²) in [4.78, 5) is 11.0. The molecular weight excluding hydrogens is 308 g/mol. The van der Waals surface area contributed by atoms with Crippen LogP contribution in [-0.2, 0) is 19.7 Å². The third-order valence-corrected chi connectivity index (χ3v) is 6.57. The first-order valence-corrected chi connectivity index (χ1v) is 9.44. The lowest BCUT2D eigenvalue weighted by Crippen LogP contribution is -2.50. The van der Waals surface area contributed by atoms with E-state index in [-0.39, 0.29) is 19.2 Å². The molecule has 0 bridgehead atoms. The molecule has 2 heterocycles. The summed E-state index contributed by atoms with van der Waals surface area (Å²) in [7, 11) is -3.53. The molecule has 128 valence electrons. The molecule has 1 atom stereocenters. The Labute approximate surface area is 132 Å². The van der Waals surface area contributed by atoms with E-state index in [0.717, 1.165) is 19.3 Å². The zero-order valence-electron chi connectivity index (χ0n) is 13.1. The van der Waals surface area contributed by atoms with Crippen LogP contribution in [0.2, 0.25) is 0 Å². The fraction of sp³-hybridized carbons (Fsp3) is 0.929. The Balaban J connectivity index is 1.96. The van der Waals surface area contributed by atoms with Crippen molar-refractivity contribution in [3.8, 4) is 0 Å². The molecule has 8 heteroatoms. The van der Waals surface area contributed by atoms with Gasteiger partial charge in [-0.15, -0.1) is 0 Å². The van der Waals surface area contributed by atoms with Crippen LogP contribution in [0.5, 0.6) is 0 Å². The Morgan fingerprint density at radius 1 is 1.27 bits per heavy atom. The molecule has 0 aromatic rings. The van der Waals surface area contributed by atoms with Crippen molar-refractivity contribution in [3.05, 3.63) is 0 Å². The van der Waals surface area contributed by atoms with E-state index in [1.807, 2.05) is 6.92 Å². The first kappa shape index (κ1) is 17.7. The fourth-order valence-electron chi connectivity index (χ4n) is 3.06. The van der Waals surface area contributed by atoms with Crippen molar-refractivity contribution in [2.75, 3.05) is 32.8 Å². The lowest BCUT2D eigenvalue weighted by atomic mass is 9.99. The number of aliphatic carboxylic acids is 1. The lowest BCUT2D eigenvalue weighted by Gasteiger charge is -2.35. The minimum absolute atomic E-state index is 0.0277. The Kier molecular flexibility index (Phi) is 6.19. The summed E-state index contributed by atoms with van der Waals surface area (Å²) in [6, 6.07) is 0. The first-order valence-electron chi connectivity index (χ1n) is 8.04. The number of hydrogen-bond acceptors (Lipinski definition) is 4. The summed E-state index contributed by atoms with van der Waals surface area (Å²) in [5, 5.41) is 9.00. The topological polar surface area (TPSA) is 87.2 Å².